The Bertz CT molecular complexity index is 174. The average molecular weight is 213 g/mol. The minimum absolute atomic E-state index is 0.162. The number of aliphatic hydroxyl groups is 1. The summed E-state index contributed by atoms with van der Waals surface area (Å²) in [5, 5.41) is 11.7. The molecule has 1 rings (SSSR count). The average Bonchev–Trinajstić information content (AvgIpc) is 2.47. The molecule has 0 radical (unpaired) electrons. The molecule has 15 heavy (non-hydrogen) atoms. The summed E-state index contributed by atoms with van der Waals surface area (Å²) >= 11 is 0. The van der Waals surface area contributed by atoms with Crippen LogP contribution in [-0.4, -0.2) is 23.7 Å². The van der Waals surface area contributed by atoms with Crippen LogP contribution in [0, 0.1) is 0 Å². The summed E-state index contributed by atoms with van der Waals surface area (Å²) in [6.45, 7) is 0.191. The normalized spacial score (nSPS) is 18.5. The van der Waals surface area contributed by atoms with Gasteiger partial charge in [0.15, 0.2) is 0 Å². The lowest BCUT2D eigenvalue weighted by atomic mass is 10.1. The lowest BCUT2D eigenvalue weighted by Crippen LogP contribution is -2.34. The molecule has 2 N–H and O–H groups in total. The molecule has 88 valence electrons. The van der Waals surface area contributed by atoms with E-state index in [1.807, 2.05) is 0 Å². The second-order valence-electron chi connectivity index (χ2n) is 4.44. The maximum atomic E-state index is 11.5. The fraction of sp³-hybridized carbons (Fsp3) is 0.917. The van der Waals surface area contributed by atoms with E-state index >= 15 is 0 Å². The van der Waals surface area contributed by atoms with Crippen molar-refractivity contribution in [1.82, 2.24) is 5.32 Å². The molecule has 0 aromatic heterocycles. The van der Waals surface area contributed by atoms with Gasteiger partial charge in [0.05, 0.1) is 0 Å². The molecule has 0 aliphatic heterocycles. The van der Waals surface area contributed by atoms with Crippen LogP contribution in [0.3, 0.4) is 0 Å². The molecule has 0 aromatic rings. The van der Waals surface area contributed by atoms with E-state index < -0.39 is 0 Å². The van der Waals surface area contributed by atoms with Crippen LogP contribution in [0.25, 0.3) is 0 Å². The Morgan fingerprint density at radius 2 is 1.80 bits per heavy atom. The van der Waals surface area contributed by atoms with Crippen LogP contribution in [-0.2, 0) is 4.79 Å². The Morgan fingerprint density at radius 1 is 1.13 bits per heavy atom. The molecule has 0 bridgehead atoms. The number of aliphatic hydroxyl groups excluding tert-OH is 1. The fourth-order valence-electron chi connectivity index (χ4n) is 2.12. The number of amides is 1. The third-order valence-electron chi connectivity index (χ3n) is 3.03. The van der Waals surface area contributed by atoms with E-state index in [1.54, 1.807) is 0 Å². The number of hydrogen-bond donors (Lipinski definition) is 2. The molecule has 0 unspecified atom stereocenters. The van der Waals surface area contributed by atoms with Gasteiger partial charge in [-0.25, -0.2) is 0 Å². The first-order chi connectivity index (χ1) is 7.33. The van der Waals surface area contributed by atoms with Gasteiger partial charge < -0.3 is 10.4 Å². The SMILES string of the molecule is O=C(CCCCO)NC1CCCCCC1. The van der Waals surface area contributed by atoms with Crippen molar-refractivity contribution in [3.8, 4) is 0 Å². The van der Waals surface area contributed by atoms with Crippen LogP contribution in [0.4, 0.5) is 0 Å². The Morgan fingerprint density at radius 3 is 2.40 bits per heavy atom. The second kappa shape index (κ2) is 7.69. The maximum Gasteiger partial charge on any atom is 0.220 e. The fourth-order valence-corrected chi connectivity index (χ4v) is 2.12. The number of carbonyl (C=O) groups excluding carboxylic acids is 1. The molecular weight excluding hydrogens is 190 g/mol. The summed E-state index contributed by atoms with van der Waals surface area (Å²) < 4.78 is 0. The lowest BCUT2D eigenvalue weighted by Gasteiger charge is -2.15. The first-order valence-electron chi connectivity index (χ1n) is 6.23. The molecule has 1 amide bonds. The molecule has 1 aliphatic rings. The number of rotatable bonds is 5. The van der Waals surface area contributed by atoms with E-state index in [2.05, 4.69) is 5.32 Å². The first-order valence-corrected chi connectivity index (χ1v) is 6.23. The van der Waals surface area contributed by atoms with Crippen molar-refractivity contribution in [2.75, 3.05) is 6.61 Å². The molecule has 1 fully saturated rings. The summed E-state index contributed by atoms with van der Waals surface area (Å²) in [5.74, 6) is 0.162. The number of nitrogens with one attached hydrogen (secondary N) is 1. The van der Waals surface area contributed by atoms with Gasteiger partial charge in [-0.3, -0.25) is 4.79 Å². The topological polar surface area (TPSA) is 49.3 Å². The zero-order valence-electron chi connectivity index (χ0n) is 9.50. The zero-order valence-corrected chi connectivity index (χ0v) is 9.50. The smallest absolute Gasteiger partial charge is 0.220 e. The van der Waals surface area contributed by atoms with Crippen LogP contribution in [0.5, 0.6) is 0 Å². The van der Waals surface area contributed by atoms with Crippen LogP contribution < -0.4 is 5.32 Å². The first kappa shape index (κ1) is 12.5. The highest BCUT2D eigenvalue weighted by molar-refractivity contribution is 5.76. The second-order valence-corrected chi connectivity index (χ2v) is 4.44. The van der Waals surface area contributed by atoms with E-state index in [9.17, 15) is 4.79 Å². The molecule has 3 heteroatoms. The summed E-state index contributed by atoms with van der Waals surface area (Å²) in [4.78, 5) is 11.5. The minimum atomic E-state index is 0.162. The van der Waals surface area contributed by atoms with E-state index in [-0.39, 0.29) is 12.5 Å². The molecule has 1 aliphatic carbocycles. The van der Waals surface area contributed by atoms with Gasteiger partial charge in [-0.2, -0.15) is 0 Å². The molecule has 0 saturated heterocycles. The number of unbranched alkanes of at least 4 members (excludes halogenated alkanes) is 1. The maximum absolute atomic E-state index is 11.5. The molecule has 0 spiro atoms. The predicted octanol–water partition coefficient (Wildman–Crippen LogP) is 1.99. The van der Waals surface area contributed by atoms with E-state index in [1.165, 1.54) is 25.7 Å². The minimum Gasteiger partial charge on any atom is -0.396 e. The Balaban J connectivity index is 2.12. The third-order valence-corrected chi connectivity index (χ3v) is 3.03. The molecule has 0 atom stereocenters. The van der Waals surface area contributed by atoms with Gasteiger partial charge in [-0.05, 0) is 25.7 Å². The highest BCUT2D eigenvalue weighted by Gasteiger charge is 2.13. The number of carbonyl (C=O) groups is 1. The van der Waals surface area contributed by atoms with Crippen molar-refractivity contribution in [2.45, 2.75) is 63.8 Å². The highest BCUT2D eigenvalue weighted by atomic mass is 16.2. The van der Waals surface area contributed by atoms with Crippen molar-refractivity contribution in [3.63, 3.8) is 0 Å². The van der Waals surface area contributed by atoms with Gasteiger partial charge in [0, 0.05) is 19.1 Å². The van der Waals surface area contributed by atoms with Crippen LogP contribution in [0.2, 0.25) is 0 Å². The molecule has 1 saturated carbocycles. The van der Waals surface area contributed by atoms with Crippen molar-refractivity contribution in [1.29, 1.82) is 0 Å². The van der Waals surface area contributed by atoms with Crippen molar-refractivity contribution < 1.29 is 9.90 Å². The quantitative estimate of drug-likeness (QED) is 0.542. The molecule has 0 heterocycles. The van der Waals surface area contributed by atoms with Gasteiger partial charge >= 0.3 is 0 Å². The lowest BCUT2D eigenvalue weighted by molar-refractivity contribution is -0.122. The molecule has 3 nitrogen and oxygen atoms in total. The van der Waals surface area contributed by atoms with Crippen molar-refractivity contribution in [2.24, 2.45) is 0 Å². The summed E-state index contributed by atoms with van der Waals surface area (Å²) in [6, 6.07) is 0.411. The summed E-state index contributed by atoms with van der Waals surface area (Å²) in [7, 11) is 0. The van der Waals surface area contributed by atoms with Gasteiger partial charge in [0.2, 0.25) is 5.91 Å². The van der Waals surface area contributed by atoms with Crippen LogP contribution in [0.1, 0.15) is 57.8 Å². The van der Waals surface area contributed by atoms with Crippen LogP contribution in [0.15, 0.2) is 0 Å². The van der Waals surface area contributed by atoms with E-state index in [0.29, 0.717) is 12.5 Å². The van der Waals surface area contributed by atoms with Gasteiger partial charge in [0.1, 0.15) is 0 Å². The van der Waals surface area contributed by atoms with Gasteiger partial charge in [-0.15, -0.1) is 0 Å². The van der Waals surface area contributed by atoms with Crippen LogP contribution >= 0.6 is 0 Å². The predicted molar refractivity (Wildman–Crippen MR) is 60.6 cm³/mol. The monoisotopic (exact) mass is 213 g/mol. The third kappa shape index (κ3) is 5.78. The van der Waals surface area contributed by atoms with Crippen molar-refractivity contribution >= 4 is 5.91 Å². The molecular formula is C12H23NO2. The van der Waals surface area contributed by atoms with Gasteiger partial charge in [-0.1, -0.05) is 25.7 Å². The number of hydrogen-bond acceptors (Lipinski definition) is 2. The van der Waals surface area contributed by atoms with E-state index in [0.717, 1.165) is 25.7 Å². The van der Waals surface area contributed by atoms with Gasteiger partial charge in [0.25, 0.3) is 0 Å². The highest BCUT2D eigenvalue weighted by Crippen LogP contribution is 2.17. The summed E-state index contributed by atoms with van der Waals surface area (Å²) in [5.41, 5.74) is 0. The standard InChI is InChI=1S/C12H23NO2/c14-10-6-5-9-12(15)13-11-7-3-1-2-4-8-11/h11,14H,1-10H2,(H,13,15). The Hall–Kier alpha value is -0.570. The Kier molecular flexibility index (Phi) is 6.41. The molecule has 0 aromatic carbocycles. The summed E-state index contributed by atoms with van der Waals surface area (Å²) in [6.07, 6.45) is 9.53. The Labute approximate surface area is 92.3 Å². The van der Waals surface area contributed by atoms with E-state index in [4.69, 9.17) is 5.11 Å². The largest absolute Gasteiger partial charge is 0.396 e. The zero-order chi connectivity index (χ0) is 10.9. The van der Waals surface area contributed by atoms with Crippen molar-refractivity contribution in [3.05, 3.63) is 0 Å².